The zero-order valence-corrected chi connectivity index (χ0v) is 10.7. The molecule has 17 heavy (non-hydrogen) atoms. The van der Waals surface area contributed by atoms with Crippen LogP contribution in [0.15, 0.2) is 30.3 Å². The van der Waals surface area contributed by atoms with Crippen molar-refractivity contribution in [3.8, 4) is 0 Å². The normalized spacial score (nSPS) is 28.9. The van der Waals surface area contributed by atoms with Gasteiger partial charge in [-0.25, -0.2) is 0 Å². The number of rotatable bonds is 3. The molecule has 0 amide bonds. The highest BCUT2D eigenvalue weighted by molar-refractivity contribution is 6.65. The van der Waals surface area contributed by atoms with Gasteiger partial charge in [0.1, 0.15) is 0 Å². The van der Waals surface area contributed by atoms with Gasteiger partial charge < -0.3 is 4.74 Å². The van der Waals surface area contributed by atoms with E-state index in [2.05, 4.69) is 0 Å². The Morgan fingerprint density at radius 1 is 1.29 bits per heavy atom. The summed E-state index contributed by atoms with van der Waals surface area (Å²) in [6.45, 7) is 0. The maximum atomic E-state index is 11.8. The van der Waals surface area contributed by atoms with Crippen LogP contribution >= 0.6 is 11.6 Å². The Kier molecular flexibility index (Phi) is 3.85. The van der Waals surface area contributed by atoms with Crippen molar-refractivity contribution in [1.82, 2.24) is 0 Å². The fraction of sp³-hybridized carbons (Fsp3) is 0.500. The second-order valence-corrected chi connectivity index (χ2v) is 5.00. The first-order valence-electron chi connectivity index (χ1n) is 5.97. The van der Waals surface area contributed by atoms with E-state index in [1.165, 1.54) is 0 Å². The van der Waals surface area contributed by atoms with Gasteiger partial charge in [0, 0.05) is 7.11 Å². The summed E-state index contributed by atoms with van der Waals surface area (Å²) in [4.78, 5) is 11.8. The molecule has 1 saturated carbocycles. The molecule has 0 atom stereocenters. The minimum atomic E-state index is -0.502. The molecule has 0 bridgehead atoms. The monoisotopic (exact) mass is 252 g/mol. The van der Waals surface area contributed by atoms with E-state index in [0.29, 0.717) is 0 Å². The molecule has 1 fully saturated rings. The first-order valence-corrected chi connectivity index (χ1v) is 6.35. The number of benzene rings is 1. The highest BCUT2D eigenvalue weighted by Gasteiger charge is 2.42. The van der Waals surface area contributed by atoms with Gasteiger partial charge in [-0.05, 0) is 42.8 Å². The lowest BCUT2D eigenvalue weighted by molar-refractivity contribution is -0.118. The lowest BCUT2D eigenvalue weighted by atomic mass is 9.69. The molecule has 0 heterocycles. The summed E-state index contributed by atoms with van der Waals surface area (Å²) in [5.74, 6) is 0. The number of hydrogen-bond acceptors (Lipinski definition) is 2. The van der Waals surface area contributed by atoms with Crippen molar-refractivity contribution in [2.75, 3.05) is 7.11 Å². The molecule has 3 heteroatoms. The highest BCUT2D eigenvalue weighted by atomic mass is 35.5. The van der Waals surface area contributed by atoms with Gasteiger partial charge in [0.2, 0.25) is 5.24 Å². The molecule has 1 aromatic carbocycles. The fourth-order valence-corrected chi connectivity index (χ4v) is 2.97. The first-order chi connectivity index (χ1) is 8.19. The third-order valence-electron chi connectivity index (χ3n) is 3.82. The van der Waals surface area contributed by atoms with Crippen molar-refractivity contribution in [2.24, 2.45) is 0 Å². The van der Waals surface area contributed by atoms with Crippen LogP contribution in [0.3, 0.4) is 0 Å². The maximum absolute atomic E-state index is 11.8. The summed E-state index contributed by atoms with van der Waals surface area (Å²) in [7, 11) is 1.72. The highest BCUT2D eigenvalue weighted by Crippen LogP contribution is 2.41. The van der Waals surface area contributed by atoms with Crippen molar-refractivity contribution < 1.29 is 9.53 Å². The maximum Gasteiger partial charge on any atom is 0.232 e. The molecule has 1 aromatic rings. The molecule has 0 aromatic heterocycles. The zero-order valence-electron chi connectivity index (χ0n) is 9.99. The predicted octanol–water partition coefficient (Wildman–Crippen LogP) is 3.28. The van der Waals surface area contributed by atoms with Crippen molar-refractivity contribution in [3.05, 3.63) is 35.9 Å². The summed E-state index contributed by atoms with van der Waals surface area (Å²) in [5, 5.41) is -0.238. The van der Waals surface area contributed by atoms with Gasteiger partial charge >= 0.3 is 0 Å². The molecule has 2 rings (SSSR count). The average molecular weight is 253 g/mol. The number of carbonyl (C=O) groups excluding carboxylic acids is 1. The molecule has 1 aliphatic carbocycles. The van der Waals surface area contributed by atoms with E-state index in [9.17, 15) is 4.79 Å². The van der Waals surface area contributed by atoms with Gasteiger partial charge in [0.25, 0.3) is 0 Å². The van der Waals surface area contributed by atoms with Crippen LogP contribution in [-0.4, -0.2) is 18.5 Å². The molecule has 0 saturated heterocycles. The van der Waals surface area contributed by atoms with Crippen LogP contribution < -0.4 is 0 Å². The summed E-state index contributed by atoms with van der Waals surface area (Å²) in [6.07, 6.45) is 3.60. The Labute approximate surface area is 107 Å². The quantitative estimate of drug-likeness (QED) is 0.772. The van der Waals surface area contributed by atoms with Crippen molar-refractivity contribution in [3.63, 3.8) is 0 Å². The number of carbonyl (C=O) groups is 1. The van der Waals surface area contributed by atoms with Crippen LogP contribution in [0.2, 0.25) is 0 Å². The van der Waals surface area contributed by atoms with E-state index in [1.54, 1.807) is 7.11 Å². The Hall–Kier alpha value is -0.860. The van der Waals surface area contributed by atoms with Gasteiger partial charge in [-0.3, -0.25) is 4.79 Å². The van der Waals surface area contributed by atoms with Gasteiger partial charge in [0.15, 0.2) is 0 Å². The summed E-state index contributed by atoms with van der Waals surface area (Å²) < 4.78 is 5.35. The topological polar surface area (TPSA) is 26.3 Å². The minimum Gasteiger partial charge on any atom is -0.381 e. The minimum absolute atomic E-state index is 0.238. The zero-order chi connectivity index (χ0) is 12.3. The van der Waals surface area contributed by atoms with Gasteiger partial charge in [-0.1, -0.05) is 30.3 Å². The van der Waals surface area contributed by atoms with E-state index < -0.39 is 5.41 Å². The van der Waals surface area contributed by atoms with Crippen LogP contribution in [0.4, 0.5) is 0 Å². The second-order valence-electron chi connectivity index (χ2n) is 4.66. The Morgan fingerprint density at radius 2 is 1.88 bits per heavy atom. The lowest BCUT2D eigenvalue weighted by Crippen LogP contribution is -2.39. The van der Waals surface area contributed by atoms with Crippen LogP contribution in [0.1, 0.15) is 31.2 Å². The third-order valence-corrected chi connectivity index (χ3v) is 4.18. The van der Waals surface area contributed by atoms with E-state index >= 15 is 0 Å². The Morgan fingerprint density at radius 3 is 2.35 bits per heavy atom. The second kappa shape index (κ2) is 5.19. The van der Waals surface area contributed by atoms with E-state index in [4.69, 9.17) is 16.3 Å². The molecular formula is C14H17ClO2. The molecule has 92 valence electrons. The SMILES string of the molecule is COC1CCC(C(=O)Cl)(c2ccccc2)CC1. The fourth-order valence-electron chi connectivity index (χ4n) is 2.68. The standard InChI is InChI=1S/C14H17ClO2/c1-17-12-7-9-14(10-8-12,13(15)16)11-5-3-2-4-6-11/h2-6,12H,7-10H2,1H3. The van der Waals surface area contributed by atoms with Crippen LogP contribution in [-0.2, 0) is 14.9 Å². The Balaban J connectivity index is 2.27. The molecular weight excluding hydrogens is 236 g/mol. The van der Waals surface area contributed by atoms with Gasteiger partial charge in [-0.15, -0.1) is 0 Å². The van der Waals surface area contributed by atoms with Crippen molar-refractivity contribution in [2.45, 2.75) is 37.2 Å². The van der Waals surface area contributed by atoms with E-state index in [0.717, 1.165) is 31.2 Å². The summed E-state index contributed by atoms with van der Waals surface area (Å²) in [6, 6.07) is 9.86. The Bertz CT molecular complexity index is 380. The lowest BCUT2D eigenvalue weighted by Gasteiger charge is -2.37. The molecule has 0 radical (unpaired) electrons. The number of hydrogen-bond donors (Lipinski definition) is 0. The smallest absolute Gasteiger partial charge is 0.232 e. The third kappa shape index (κ3) is 2.38. The van der Waals surface area contributed by atoms with Gasteiger partial charge in [0.05, 0.1) is 11.5 Å². The largest absolute Gasteiger partial charge is 0.381 e. The first kappa shape index (κ1) is 12.6. The number of methoxy groups -OCH3 is 1. The average Bonchev–Trinajstić information content (AvgIpc) is 2.39. The van der Waals surface area contributed by atoms with Crippen LogP contribution in [0.5, 0.6) is 0 Å². The van der Waals surface area contributed by atoms with E-state index in [1.807, 2.05) is 30.3 Å². The molecule has 0 unspecified atom stereocenters. The van der Waals surface area contributed by atoms with Crippen LogP contribution in [0.25, 0.3) is 0 Å². The van der Waals surface area contributed by atoms with Crippen molar-refractivity contribution in [1.29, 1.82) is 0 Å². The molecule has 0 aliphatic heterocycles. The molecule has 1 aliphatic rings. The molecule has 0 spiro atoms. The number of ether oxygens (including phenoxy) is 1. The summed E-state index contributed by atoms with van der Waals surface area (Å²) in [5.41, 5.74) is 0.534. The predicted molar refractivity (Wildman–Crippen MR) is 68.2 cm³/mol. The van der Waals surface area contributed by atoms with E-state index in [-0.39, 0.29) is 11.3 Å². The van der Waals surface area contributed by atoms with Crippen molar-refractivity contribution >= 4 is 16.8 Å². The summed E-state index contributed by atoms with van der Waals surface area (Å²) >= 11 is 5.86. The molecule has 2 nitrogen and oxygen atoms in total. The van der Waals surface area contributed by atoms with Crippen LogP contribution in [0, 0.1) is 0 Å². The van der Waals surface area contributed by atoms with Gasteiger partial charge in [-0.2, -0.15) is 0 Å². The molecule has 0 N–H and O–H groups in total. The number of halogens is 1.